The highest BCUT2D eigenvalue weighted by Gasteiger charge is 2.16. The minimum atomic E-state index is -3.29. The van der Waals surface area contributed by atoms with Crippen LogP contribution in [-0.2, 0) is 10.0 Å². The molecule has 0 saturated carbocycles. The van der Waals surface area contributed by atoms with Crippen LogP contribution in [0.3, 0.4) is 0 Å². The van der Waals surface area contributed by atoms with Crippen molar-refractivity contribution in [3.8, 4) is 22.9 Å². The summed E-state index contributed by atoms with van der Waals surface area (Å²) in [5.74, 6) is 0.675. The maximum absolute atomic E-state index is 11.7. The Kier molecular flexibility index (Phi) is 6.18. The van der Waals surface area contributed by atoms with Crippen molar-refractivity contribution in [3.05, 3.63) is 54.1 Å². The molecule has 1 atom stereocenters. The number of hydrogen-bond acceptors (Lipinski definition) is 4. The highest BCUT2D eigenvalue weighted by atomic mass is 32.2. The largest absolute Gasteiger partial charge is 0.489 e. The summed E-state index contributed by atoms with van der Waals surface area (Å²) in [6, 6.07) is 17.0. The van der Waals surface area contributed by atoms with E-state index in [1.807, 2.05) is 43.3 Å². The van der Waals surface area contributed by atoms with Gasteiger partial charge in [0, 0.05) is 6.54 Å². The summed E-state index contributed by atoms with van der Waals surface area (Å²) in [5, 5.41) is 8.37. The first kappa shape index (κ1) is 19.0. The van der Waals surface area contributed by atoms with Gasteiger partial charge in [0.1, 0.15) is 11.9 Å². The van der Waals surface area contributed by atoms with Gasteiger partial charge in [-0.15, -0.1) is 0 Å². The van der Waals surface area contributed by atoms with Gasteiger partial charge in [0.25, 0.3) is 0 Å². The van der Waals surface area contributed by atoms with Gasteiger partial charge in [-0.25, -0.2) is 13.1 Å². The van der Waals surface area contributed by atoms with Crippen LogP contribution in [0.4, 0.5) is 0 Å². The second-order valence-corrected chi connectivity index (χ2v) is 8.41. The standard InChI is InChI=1S/C19H22N2O3S/c1-14(2)25(22,23)21-13-15(3)24-19-10-8-18(9-11-19)17-6-4-16(12-20)5-7-17/h4-11,14-15,21H,13H2,1-3H3/t15-/m1/s1. The van der Waals surface area contributed by atoms with Gasteiger partial charge in [-0.3, -0.25) is 0 Å². The minimum Gasteiger partial charge on any atom is -0.489 e. The van der Waals surface area contributed by atoms with E-state index in [9.17, 15) is 8.42 Å². The molecule has 5 nitrogen and oxygen atoms in total. The number of rotatable bonds is 7. The van der Waals surface area contributed by atoms with Crippen LogP contribution in [0.15, 0.2) is 48.5 Å². The van der Waals surface area contributed by atoms with Gasteiger partial charge in [-0.1, -0.05) is 24.3 Å². The molecule has 0 amide bonds. The second-order valence-electron chi connectivity index (χ2n) is 6.08. The predicted molar refractivity (Wildman–Crippen MR) is 98.7 cm³/mol. The second kappa shape index (κ2) is 8.15. The van der Waals surface area contributed by atoms with E-state index >= 15 is 0 Å². The van der Waals surface area contributed by atoms with Crippen molar-refractivity contribution in [1.29, 1.82) is 5.26 Å². The van der Waals surface area contributed by atoms with Crippen LogP contribution >= 0.6 is 0 Å². The number of ether oxygens (including phenoxy) is 1. The van der Waals surface area contributed by atoms with Crippen LogP contribution < -0.4 is 9.46 Å². The van der Waals surface area contributed by atoms with E-state index in [4.69, 9.17) is 10.00 Å². The SMILES string of the molecule is CC(C)S(=O)(=O)NC[C@@H](C)Oc1ccc(-c2ccc(C#N)cc2)cc1. The van der Waals surface area contributed by atoms with Crippen LogP contribution in [0.1, 0.15) is 26.3 Å². The number of benzene rings is 2. The number of hydrogen-bond donors (Lipinski definition) is 1. The zero-order valence-electron chi connectivity index (χ0n) is 14.6. The fraction of sp³-hybridized carbons (Fsp3) is 0.316. The van der Waals surface area contributed by atoms with Crippen molar-refractivity contribution in [2.45, 2.75) is 32.1 Å². The van der Waals surface area contributed by atoms with Gasteiger partial charge in [0.2, 0.25) is 10.0 Å². The zero-order chi connectivity index (χ0) is 18.4. The lowest BCUT2D eigenvalue weighted by Gasteiger charge is -2.17. The molecule has 6 heteroatoms. The molecule has 0 fully saturated rings. The first-order chi connectivity index (χ1) is 11.8. The summed E-state index contributed by atoms with van der Waals surface area (Å²) >= 11 is 0. The van der Waals surface area contributed by atoms with Gasteiger partial charge in [0.15, 0.2) is 0 Å². The molecule has 0 saturated heterocycles. The molecule has 1 N–H and O–H groups in total. The van der Waals surface area contributed by atoms with Gasteiger partial charge in [0.05, 0.1) is 16.9 Å². The van der Waals surface area contributed by atoms with Crippen molar-refractivity contribution in [2.24, 2.45) is 0 Å². The van der Waals surface area contributed by atoms with Gasteiger partial charge in [-0.2, -0.15) is 5.26 Å². The molecule has 0 aromatic heterocycles. The summed E-state index contributed by atoms with van der Waals surface area (Å²) in [4.78, 5) is 0. The lowest BCUT2D eigenvalue weighted by atomic mass is 10.0. The fourth-order valence-electron chi connectivity index (χ4n) is 2.14. The summed E-state index contributed by atoms with van der Waals surface area (Å²) < 4.78 is 31.8. The summed E-state index contributed by atoms with van der Waals surface area (Å²) in [5.41, 5.74) is 2.66. The lowest BCUT2D eigenvalue weighted by molar-refractivity contribution is 0.225. The Morgan fingerprint density at radius 3 is 2.00 bits per heavy atom. The molecular weight excluding hydrogens is 336 g/mol. The van der Waals surface area contributed by atoms with Crippen LogP contribution in [0.5, 0.6) is 5.75 Å². The summed E-state index contributed by atoms with van der Waals surface area (Å²) in [6.07, 6.45) is -0.283. The monoisotopic (exact) mass is 358 g/mol. The van der Waals surface area contributed by atoms with E-state index < -0.39 is 15.3 Å². The Labute approximate surface area is 149 Å². The van der Waals surface area contributed by atoms with Crippen molar-refractivity contribution in [3.63, 3.8) is 0 Å². The molecule has 0 heterocycles. The fourth-order valence-corrected chi connectivity index (χ4v) is 2.94. The minimum absolute atomic E-state index is 0.220. The number of sulfonamides is 1. The number of nitrogens with one attached hydrogen (secondary N) is 1. The molecule has 25 heavy (non-hydrogen) atoms. The molecule has 2 rings (SSSR count). The molecule has 0 aliphatic carbocycles. The highest BCUT2D eigenvalue weighted by Crippen LogP contribution is 2.23. The molecule has 0 unspecified atom stereocenters. The molecule has 2 aromatic carbocycles. The predicted octanol–water partition coefficient (Wildman–Crippen LogP) is 3.32. The maximum Gasteiger partial charge on any atom is 0.214 e. The Hall–Kier alpha value is -2.36. The average molecular weight is 358 g/mol. The van der Waals surface area contributed by atoms with Crippen molar-refractivity contribution in [2.75, 3.05) is 6.54 Å². The zero-order valence-corrected chi connectivity index (χ0v) is 15.4. The molecular formula is C19H22N2O3S. The van der Waals surface area contributed by atoms with Crippen molar-refractivity contribution < 1.29 is 13.2 Å². The van der Waals surface area contributed by atoms with E-state index in [1.54, 1.807) is 26.0 Å². The third kappa shape index (κ3) is 5.31. The molecule has 0 bridgehead atoms. The van der Waals surface area contributed by atoms with Gasteiger partial charge < -0.3 is 4.74 Å². The smallest absolute Gasteiger partial charge is 0.214 e. The summed E-state index contributed by atoms with van der Waals surface area (Å²) in [6.45, 7) is 5.31. The van der Waals surface area contributed by atoms with Crippen molar-refractivity contribution >= 4 is 10.0 Å². The Morgan fingerprint density at radius 1 is 1.00 bits per heavy atom. The Morgan fingerprint density at radius 2 is 1.52 bits per heavy atom. The third-order valence-corrected chi connectivity index (χ3v) is 5.54. The third-order valence-electron chi connectivity index (χ3n) is 3.73. The van der Waals surface area contributed by atoms with E-state index in [0.29, 0.717) is 11.3 Å². The van der Waals surface area contributed by atoms with Gasteiger partial charge in [-0.05, 0) is 56.2 Å². The van der Waals surface area contributed by atoms with E-state index in [-0.39, 0.29) is 12.6 Å². The van der Waals surface area contributed by atoms with Crippen molar-refractivity contribution in [1.82, 2.24) is 4.72 Å². The summed E-state index contributed by atoms with van der Waals surface area (Å²) in [7, 11) is -3.29. The molecule has 0 spiro atoms. The van der Waals surface area contributed by atoms with Crippen LogP contribution in [0.25, 0.3) is 11.1 Å². The molecule has 2 aromatic rings. The quantitative estimate of drug-likeness (QED) is 0.823. The average Bonchev–Trinajstić information content (AvgIpc) is 2.61. The highest BCUT2D eigenvalue weighted by molar-refractivity contribution is 7.90. The Balaban J connectivity index is 1.96. The van der Waals surface area contributed by atoms with E-state index in [2.05, 4.69) is 10.8 Å². The van der Waals surface area contributed by atoms with Crippen LogP contribution in [-0.4, -0.2) is 26.3 Å². The first-order valence-corrected chi connectivity index (χ1v) is 9.62. The number of nitriles is 1. The van der Waals surface area contributed by atoms with Gasteiger partial charge >= 0.3 is 0 Å². The molecule has 132 valence electrons. The maximum atomic E-state index is 11.7. The lowest BCUT2D eigenvalue weighted by Crippen LogP contribution is -2.37. The van der Waals surface area contributed by atoms with Crippen LogP contribution in [0, 0.1) is 11.3 Å². The Bertz CT molecular complexity index is 836. The number of nitrogens with zero attached hydrogens (tertiary/aromatic N) is 1. The topological polar surface area (TPSA) is 79.2 Å². The normalized spacial score (nSPS) is 12.6. The van der Waals surface area contributed by atoms with E-state index in [0.717, 1.165) is 11.1 Å². The molecule has 0 aliphatic rings. The van der Waals surface area contributed by atoms with E-state index in [1.165, 1.54) is 0 Å². The van der Waals surface area contributed by atoms with Crippen LogP contribution in [0.2, 0.25) is 0 Å². The molecule has 0 aliphatic heterocycles. The molecule has 0 radical (unpaired) electrons. The first-order valence-electron chi connectivity index (χ1n) is 8.07.